The van der Waals surface area contributed by atoms with Crippen LogP contribution in [0.3, 0.4) is 0 Å². The van der Waals surface area contributed by atoms with E-state index in [2.05, 4.69) is 29.1 Å². The lowest BCUT2D eigenvalue weighted by molar-refractivity contribution is -0.149. The van der Waals surface area contributed by atoms with Crippen molar-refractivity contribution in [2.75, 3.05) is 13.6 Å². The van der Waals surface area contributed by atoms with Crippen LogP contribution in [0.25, 0.3) is 0 Å². The normalized spacial score (nSPS) is 27.3. The summed E-state index contributed by atoms with van der Waals surface area (Å²) in [7, 11) is 1.78. The van der Waals surface area contributed by atoms with E-state index in [0.29, 0.717) is 17.9 Å². The molecule has 3 fully saturated rings. The summed E-state index contributed by atoms with van der Waals surface area (Å²) in [6.45, 7) is 9.00. The summed E-state index contributed by atoms with van der Waals surface area (Å²) in [6, 6.07) is -0.0577. The Kier molecular flexibility index (Phi) is 5.13. The average molecular weight is 361 g/mol. The Morgan fingerprint density at radius 1 is 1.42 bits per heavy atom. The van der Waals surface area contributed by atoms with Crippen LogP contribution in [0.2, 0.25) is 0 Å². The summed E-state index contributed by atoms with van der Waals surface area (Å²) < 4.78 is 0. The number of likely N-dealkylation sites (N-methyl/N-ethyl adjacent to an activating group) is 1. The van der Waals surface area contributed by atoms with Crippen LogP contribution >= 0.6 is 0 Å². The Balaban J connectivity index is 1.48. The second kappa shape index (κ2) is 7.05. The fourth-order valence-corrected chi connectivity index (χ4v) is 4.88. The van der Waals surface area contributed by atoms with Gasteiger partial charge in [-0.05, 0) is 50.4 Å². The average Bonchev–Trinajstić information content (AvgIpc) is 2.99. The van der Waals surface area contributed by atoms with Gasteiger partial charge >= 0.3 is 0 Å². The summed E-state index contributed by atoms with van der Waals surface area (Å²) in [5, 5.41) is 3.14. The number of imidazole rings is 1. The molecule has 3 saturated carbocycles. The number of H-pyrrole nitrogens is 1. The Morgan fingerprint density at radius 2 is 2.15 bits per heavy atom. The number of fused-ring (bicyclic) bond motifs is 2. The molecule has 0 spiro atoms. The zero-order chi connectivity index (χ0) is 19.1. The highest BCUT2D eigenvalue weighted by Gasteiger charge is 2.56. The topological polar surface area (TPSA) is 78.1 Å². The summed E-state index contributed by atoms with van der Waals surface area (Å²) in [4.78, 5) is 34.0. The molecule has 144 valence electrons. The van der Waals surface area contributed by atoms with E-state index in [1.807, 2.05) is 13.8 Å². The number of carbonyl (C=O) groups is 2. The zero-order valence-corrected chi connectivity index (χ0v) is 16.6. The lowest BCUT2D eigenvalue weighted by atomic mass is 9.45. The van der Waals surface area contributed by atoms with Crippen LogP contribution in [-0.2, 0) is 16.0 Å². The molecule has 6 heteroatoms. The molecule has 1 unspecified atom stereocenters. The minimum Gasteiger partial charge on any atom is -0.352 e. The van der Waals surface area contributed by atoms with Gasteiger partial charge in [0.05, 0.1) is 18.4 Å². The molecule has 3 aliphatic rings. The molecular formula is C20H32N4O2. The number of hydrogen-bond acceptors (Lipinski definition) is 3. The van der Waals surface area contributed by atoms with Gasteiger partial charge in [-0.25, -0.2) is 4.98 Å². The van der Waals surface area contributed by atoms with Crippen molar-refractivity contribution < 1.29 is 9.59 Å². The van der Waals surface area contributed by atoms with Crippen LogP contribution in [0.4, 0.5) is 0 Å². The molecule has 4 rings (SSSR count). The van der Waals surface area contributed by atoms with Gasteiger partial charge in [-0.2, -0.15) is 0 Å². The summed E-state index contributed by atoms with van der Waals surface area (Å²) in [5.41, 5.74) is 2.01. The third-order valence-corrected chi connectivity index (χ3v) is 6.81. The molecule has 3 aliphatic carbocycles. The highest BCUT2D eigenvalue weighted by molar-refractivity contribution is 5.80. The van der Waals surface area contributed by atoms with Gasteiger partial charge in [0.1, 0.15) is 0 Å². The van der Waals surface area contributed by atoms with Gasteiger partial charge in [0, 0.05) is 31.2 Å². The van der Waals surface area contributed by atoms with E-state index in [1.165, 1.54) is 6.42 Å². The SMILES string of the molecule is Cc1[nH]cnc1CC(=O)N(C)CC(C)NC(=O)[C@@H]1CC[C@H]2C[C@@H]1C2(C)C. The standard InChI is InChI=1S/C20H32N4O2/c1-12(10-24(5)18(25)9-17-13(2)21-11-22-17)23-19(26)15-7-6-14-8-16(15)20(14,3)4/h11-12,14-16H,6-10H2,1-5H3,(H,21,22)(H,23,26)/t12?,14-,15+,16-/m0/s1. The maximum atomic E-state index is 12.8. The number of aromatic nitrogens is 2. The number of aryl methyl sites for hydroxylation is 1. The smallest absolute Gasteiger partial charge is 0.228 e. The van der Waals surface area contributed by atoms with Crippen molar-refractivity contribution in [3.05, 3.63) is 17.7 Å². The van der Waals surface area contributed by atoms with E-state index in [-0.39, 0.29) is 30.2 Å². The highest BCUT2D eigenvalue weighted by atomic mass is 16.2. The van der Waals surface area contributed by atoms with Gasteiger partial charge in [0.25, 0.3) is 0 Å². The quantitative estimate of drug-likeness (QED) is 0.817. The van der Waals surface area contributed by atoms with Gasteiger partial charge in [0.2, 0.25) is 11.8 Å². The number of nitrogens with zero attached hydrogens (tertiary/aromatic N) is 2. The van der Waals surface area contributed by atoms with Crippen LogP contribution in [-0.4, -0.2) is 46.3 Å². The Morgan fingerprint density at radius 3 is 2.73 bits per heavy atom. The van der Waals surface area contributed by atoms with Gasteiger partial charge in [-0.15, -0.1) is 0 Å². The van der Waals surface area contributed by atoms with Gasteiger partial charge in [-0.1, -0.05) is 13.8 Å². The van der Waals surface area contributed by atoms with Crippen LogP contribution in [0.1, 0.15) is 51.4 Å². The summed E-state index contributed by atoms with van der Waals surface area (Å²) >= 11 is 0. The van der Waals surface area contributed by atoms with E-state index in [9.17, 15) is 9.59 Å². The third kappa shape index (κ3) is 3.51. The van der Waals surface area contributed by atoms with E-state index >= 15 is 0 Å². The van der Waals surface area contributed by atoms with Crippen molar-refractivity contribution >= 4 is 11.8 Å². The first-order valence-electron chi connectivity index (χ1n) is 9.73. The van der Waals surface area contributed by atoms with Gasteiger partial charge in [0.15, 0.2) is 0 Å². The fourth-order valence-electron chi connectivity index (χ4n) is 4.88. The molecular weight excluding hydrogens is 328 g/mol. The lowest BCUT2D eigenvalue weighted by Gasteiger charge is -2.59. The molecule has 2 N–H and O–H groups in total. The molecule has 6 nitrogen and oxygen atoms in total. The summed E-state index contributed by atoms with van der Waals surface area (Å²) in [6.07, 6.45) is 5.26. The number of carbonyl (C=O) groups excluding carboxylic acids is 2. The summed E-state index contributed by atoms with van der Waals surface area (Å²) in [5.74, 6) is 1.61. The van der Waals surface area contributed by atoms with E-state index < -0.39 is 0 Å². The van der Waals surface area contributed by atoms with Crippen molar-refractivity contribution in [2.45, 2.75) is 59.4 Å². The van der Waals surface area contributed by atoms with Crippen molar-refractivity contribution in [3.8, 4) is 0 Å². The first-order chi connectivity index (χ1) is 12.2. The first kappa shape index (κ1) is 18.9. The molecule has 0 aliphatic heterocycles. The molecule has 0 radical (unpaired) electrons. The monoisotopic (exact) mass is 360 g/mol. The maximum absolute atomic E-state index is 12.8. The zero-order valence-electron chi connectivity index (χ0n) is 16.6. The molecule has 4 atom stereocenters. The number of nitrogens with one attached hydrogen (secondary N) is 2. The molecule has 0 aromatic carbocycles. The van der Waals surface area contributed by atoms with Crippen molar-refractivity contribution in [2.24, 2.45) is 23.2 Å². The van der Waals surface area contributed by atoms with Crippen molar-refractivity contribution in [1.82, 2.24) is 20.2 Å². The maximum Gasteiger partial charge on any atom is 0.228 e. The predicted molar refractivity (Wildman–Crippen MR) is 100 cm³/mol. The molecule has 1 aromatic rings. The Hall–Kier alpha value is -1.85. The number of hydrogen-bond donors (Lipinski definition) is 2. The van der Waals surface area contributed by atoms with Crippen molar-refractivity contribution in [1.29, 1.82) is 0 Å². The van der Waals surface area contributed by atoms with Gasteiger partial charge in [-0.3, -0.25) is 9.59 Å². The minimum absolute atomic E-state index is 0.0157. The van der Waals surface area contributed by atoms with E-state index in [1.54, 1.807) is 18.3 Å². The van der Waals surface area contributed by atoms with E-state index in [4.69, 9.17) is 0 Å². The molecule has 26 heavy (non-hydrogen) atoms. The third-order valence-electron chi connectivity index (χ3n) is 6.81. The minimum atomic E-state index is -0.0577. The van der Waals surface area contributed by atoms with Crippen molar-refractivity contribution in [3.63, 3.8) is 0 Å². The van der Waals surface area contributed by atoms with Crippen LogP contribution in [0.15, 0.2) is 6.33 Å². The number of rotatable bonds is 6. The Bertz CT molecular complexity index is 679. The molecule has 2 bridgehead atoms. The molecule has 1 heterocycles. The highest BCUT2D eigenvalue weighted by Crippen LogP contribution is 2.61. The van der Waals surface area contributed by atoms with Gasteiger partial charge < -0.3 is 15.2 Å². The molecule has 1 aromatic heterocycles. The number of aromatic amines is 1. The fraction of sp³-hybridized carbons (Fsp3) is 0.750. The molecule has 2 amide bonds. The predicted octanol–water partition coefficient (Wildman–Crippen LogP) is 2.30. The lowest BCUT2D eigenvalue weighted by Crippen LogP contribution is -2.57. The van der Waals surface area contributed by atoms with Crippen LogP contribution in [0.5, 0.6) is 0 Å². The van der Waals surface area contributed by atoms with E-state index in [0.717, 1.165) is 30.1 Å². The molecule has 0 saturated heterocycles. The first-order valence-corrected chi connectivity index (χ1v) is 9.73. The Labute approximate surface area is 156 Å². The number of amides is 2. The second-order valence-corrected chi connectivity index (χ2v) is 8.88. The second-order valence-electron chi connectivity index (χ2n) is 8.88. The van der Waals surface area contributed by atoms with Crippen LogP contribution in [0, 0.1) is 30.1 Å². The largest absolute Gasteiger partial charge is 0.352 e. The van der Waals surface area contributed by atoms with Crippen LogP contribution < -0.4 is 5.32 Å².